The molecule has 0 aliphatic carbocycles. The Bertz CT molecular complexity index is 589. The maximum Gasteiger partial charge on any atom is 0.317 e. The molecule has 6 nitrogen and oxygen atoms in total. The van der Waals surface area contributed by atoms with Crippen LogP contribution >= 0.6 is 0 Å². The van der Waals surface area contributed by atoms with Crippen LogP contribution in [0.25, 0.3) is 0 Å². The molecule has 2 heterocycles. The Hall–Kier alpha value is -1.95. The monoisotopic (exact) mass is 347 g/mol. The van der Waals surface area contributed by atoms with Gasteiger partial charge in [-0.3, -0.25) is 0 Å². The van der Waals surface area contributed by atoms with Crippen molar-refractivity contribution in [3.05, 3.63) is 24.3 Å². The first-order valence-corrected chi connectivity index (χ1v) is 9.22. The summed E-state index contributed by atoms with van der Waals surface area (Å²) in [6, 6.07) is 8.02. The summed E-state index contributed by atoms with van der Waals surface area (Å²) < 4.78 is 11.7. The first kappa shape index (κ1) is 17.9. The second-order valence-electron chi connectivity index (χ2n) is 6.92. The van der Waals surface area contributed by atoms with E-state index in [1.165, 1.54) is 0 Å². The molecule has 138 valence electrons. The zero-order chi connectivity index (χ0) is 17.8. The fraction of sp³-hybridized carbons (Fsp3) is 0.632. The summed E-state index contributed by atoms with van der Waals surface area (Å²) in [6.07, 6.45) is 2.18. The fourth-order valence-corrected chi connectivity index (χ4v) is 3.56. The smallest absolute Gasteiger partial charge is 0.317 e. The first-order chi connectivity index (χ1) is 12.1. The van der Waals surface area contributed by atoms with E-state index in [2.05, 4.69) is 23.2 Å². The second-order valence-corrected chi connectivity index (χ2v) is 6.92. The molecule has 0 unspecified atom stereocenters. The van der Waals surface area contributed by atoms with Gasteiger partial charge < -0.3 is 24.6 Å². The fourth-order valence-electron chi connectivity index (χ4n) is 3.56. The number of hydrogen-bond donors (Lipinski definition) is 1. The topological polar surface area (TPSA) is 54.0 Å². The molecule has 1 saturated heterocycles. The SMILES string of the molecule is CCN1C[C@H](CN(C)C(=O)N[C@@H](C)[C@@H]2CCCO2)Oc2ccccc21. The van der Waals surface area contributed by atoms with Gasteiger partial charge >= 0.3 is 6.03 Å². The lowest BCUT2D eigenvalue weighted by Gasteiger charge is -2.37. The minimum absolute atomic E-state index is 0.0255. The molecular formula is C19H29N3O3. The van der Waals surface area contributed by atoms with E-state index in [9.17, 15) is 4.79 Å². The summed E-state index contributed by atoms with van der Waals surface area (Å²) in [4.78, 5) is 16.5. The van der Waals surface area contributed by atoms with Crippen LogP contribution in [0.4, 0.5) is 10.5 Å². The number of hydrogen-bond acceptors (Lipinski definition) is 4. The van der Waals surface area contributed by atoms with Crippen molar-refractivity contribution in [1.82, 2.24) is 10.2 Å². The average molecular weight is 347 g/mol. The third-order valence-corrected chi connectivity index (χ3v) is 5.00. The minimum atomic E-state index is -0.0755. The molecule has 3 atom stereocenters. The van der Waals surface area contributed by atoms with Gasteiger partial charge in [0.15, 0.2) is 0 Å². The Morgan fingerprint density at radius 2 is 2.24 bits per heavy atom. The number of nitrogens with zero attached hydrogens (tertiary/aromatic N) is 2. The maximum absolute atomic E-state index is 12.5. The van der Waals surface area contributed by atoms with Crippen LogP contribution < -0.4 is 15.0 Å². The lowest BCUT2D eigenvalue weighted by molar-refractivity contribution is 0.0822. The van der Waals surface area contributed by atoms with E-state index in [0.29, 0.717) is 6.54 Å². The highest BCUT2D eigenvalue weighted by Gasteiger charge is 2.28. The Labute approximate surface area is 150 Å². The van der Waals surface area contributed by atoms with Gasteiger partial charge in [-0.05, 0) is 38.8 Å². The van der Waals surface area contributed by atoms with Gasteiger partial charge in [0.2, 0.25) is 0 Å². The van der Waals surface area contributed by atoms with Gasteiger partial charge in [-0.25, -0.2) is 4.79 Å². The van der Waals surface area contributed by atoms with Crippen molar-refractivity contribution >= 4 is 11.7 Å². The number of carbonyl (C=O) groups excluding carboxylic acids is 1. The van der Waals surface area contributed by atoms with E-state index in [0.717, 1.165) is 44.0 Å². The van der Waals surface area contributed by atoms with Gasteiger partial charge in [0.1, 0.15) is 11.9 Å². The number of anilines is 1. The predicted octanol–water partition coefficient (Wildman–Crippen LogP) is 2.48. The number of urea groups is 1. The molecule has 25 heavy (non-hydrogen) atoms. The number of benzene rings is 1. The number of ether oxygens (including phenoxy) is 2. The van der Waals surface area contributed by atoms with Crippen LogP contribution in [0.2, 0.25) is 0 Å². The van der Waals surface area contributed by atoms with Gasteiger partial charge in [0.05, 0.1) is 30.9 Å². The van der Waals surface area contributed by atoms with Crippen LogP contribution in [-0.4, -0.2) is 62.5 Å². The van der Waals surface area contributed by atoms with E-state index < -0.39 is 0 Å². The van der Waals surface area contributed by atoms with E-state index in [1.54, 1.807) is 4.90 Å². The second kappa shape index (κ2) is 7.95. The Morgan fingerprint density at radius 1 is 1.44 bits per heavy atom. The van der Waals surface area contributed by atoms with Gasteiger partial charge in [0, 0.05) is 20.2 Å². The quantitative estimate of drug-likeness (QED) is 0.889. The van der Waals surface area contributed by atoms with Crippen LogP contribution in [-0.2, 0) is 4.74 Å². The van der Waals surface area contributed by atoms with Crippen molar-refractivity contribution in [2.75, 3.05) is 38.2 Å². The van der Waals surface area contributed by atoms with E-state index >= 15 is 0 Å². The zero-order valence-corrected chi connectivity index (χ0v) is 15.4. The van der Waals surface area contributed by atoms with Crippen molar-refractivity contribution in [3.8, 4) is 5.75 Å². The Kier molecular flexibility index (Phi) is 5.68. The van der Waals surface area contributed by atoms with Crippen LogP contribution in [0.1, 0.15) is 26.7 Å². The Morgan fingerprint density at radius 3 is 2.96 bits per heavy atom. The molecule has 2 amide bonds. The van der Waals surface area contributed by atoms with E-state index in [-0.39, 0.29) is 24.3 Å². The van der Waals surface area contributed by atoms with Crippen LogP contribution in [0.5, 0.6) is 5.75 Å². The normalized spacial score (nSPS) is 23.6. The molecule has 0 radical (unpaired) electrons. The average Bonchev–Trinajstić information content (AvgIpc) is 3.15. The molecule has 2 aliphatic rings. The van der Waals surface area contributed by atoms with Crippen molar-refractivity contribution < 1.29 is 14.3 Å². The highest BCUT2D eigenvalue weighted by molar-refractivity contribution is 5.74. The van der Waals surface area contributed by atoms with Gasteiger partial charge in [-0.1, -0.05) is 12.1 Å². The van der Waals surface area contributed by atoms with E-state index in [4.69, 9.17) is 9.47 Å². The number of para-hydroxylation sites is 2. The van der Waals surface area contributed by atoms with Gasteiger partial charge in [-0.15, -0.1) is 0 Å². The lowest BCUT2D eigenvalue weighted by Crippen LogP contribution is -2.51. The third-order valence-electron chi connectivity index (χ3n) is 5.00. The van der Waals surface area contributed by atoms with E-state index in [1.807, 2.05) is 32.2 Å². The predicted molar refractivity (Wildman–Crippen MR) is 98.3 cm³/mol. The number of amides is 2. The molecule has 0 spiro atoms. The number of nitrogens with one attached hydrogen (secondary N) is 1. The summed E-state index contributed by atoms with van der Waals surface area (Å²) in [6.45, 7) is 7.19. The summed E-state index contributed by atoms with van der Waals surface area (Å²) in [7, 11) is 1.82. The minimum Gasteiger partial charge on any atom is -0.485 e. The van der Waals surface area contributed by atoms with Crippen LogP contribution in [0.15, 0.2) is 24.3 Å². The summed E-state index contributed by atoms with van der Waals surface area (Å²) in [5.74, 6) is 0.891. The highest BCUT2D eigenvalue weighted by Crippen LogP contribution is 2.32. The third kappa shape index (κ3) is 4.18. The molecule has 1 fully saturated rings. The molecule has 3 rings (SSSR count). The van der Waals surface area contributed by atoms with Crippen molar-refractivity contribution in [2.45, 2.75) is 44.9 Å². The highest BCUT2D eigenvalue weighted by atomic mass is 16.5. The lowest BCUT2D eigenvalue weighted by atomic mass is 10.1. The number of likely N-dealkylation sites (N-methyl/N-ethyl adjacent to an activating group) is 2. The maximum atomic E-state index is 12.5. The van der Waals surface area contributed by atoms with Crippen molar-refractivity contribution in [2.24, 2.45) is 0 Å². The molecular weight excluding hydrogens is 318 g/mol. The largest absolute Gasteiger partial charge is 0.485 e. The van der Waals surface area contributed by atoms with Crippen LogP contribution in [0.3, 0.4) is 0 Å². The van der Waals surface area contributed by atoms with Crippen molar-refractivity contribution in [3.63, 3.8) is 0 Å². The van der Waals surface area contributed by atoms with Crippen LogP contribution in [0, 0.1) is 0 Å². The molecule has 0 aromatic heterocycles. The Balaban J connectivity index is 1.55. The van der Waals surface area contributed by atoms with Crippen molar-refractivity contribution in [1.29, 1.82) is 0 Å². The molecule has 0 bridgehead atoms. The van der Waals surface area contributed by atoms with Gasteiger partial charge in [-0.2, -0.15) is 0 Å². The molecule has 1 aromatic carbocycles. The molecule has 6 heteroatoms. The number of rotatable bonds is 5. The molecule has 2 aliphatic heterocycles. The zero-order valence-electron chi connectivity index (χ0n) is 15.4. The summed E-state index contributed by atoms with van der Waals surface area (Å²) in [5, 5.41) is 3.05. The number of carbonyl (C=O) groups is 1. The standard InChI is InChI=1S/C19H29N3O3/c1-4-22-13-15(25-18-9-6-5-8-16(18)22)12-21(3)19(23)20-14(2)17-10-7-11-24-17/h5-6,8-9,14-15,17H,4,7,10-13H2,1-3H3,(H,20,23)/t14-,15-,17-/m0/s1. The summed E-state index contributed by atoms with van der Waals surface area (Å²) in [5.41, 5.74) is 1.13. The first-order valence-electron chi connectivity index (χ1n) is 9.22. The molecule has 1 aromatic rings. The number of fused-ring (bicyclic) bond motifs is 1. The van der Waals surface area contributed by atoms with Gasteiger partial charge in [0.25, 0.3) is 0 Å². The molecule has 0 saturated carbocycles. The summed E-state index contributed by atoms with van der Waals surface area (Å²) >= 11 is 0. The molecule has 1 N–H and O–H groups in total.